The lowest BCUT2D eigenvalue weighted by Gasteiger charge is -2.02. The molecule has 0 bridgehead atoms. The smallest absolute Gasteiger partial charge is 0.231 e. The number of phenolic OH excluding ortho intramolecular Hbond substituents is 1. The van der Waals surface area contributed by atoms with E-state index in [9.17, 15) is 9.90 Å². The maximum atomic E-state index is 12.3. The summed E-state index contributed by atoms with van der Waals surface area (Å²) in [6, 6.07) is 8.10. The van der Waals surface area contributed by atoms with Crippen molar-refractivity contribution in [3.05, 3.63) is 72.1 Å². The van der Waals surface area contributed by atoms with Crippen molar-refractivity contribution in [1.29, 1.82) is 0 Å². The van der Waals surface area contributed by atoms with Crippen molar-refractivity contribution in [2.24, 2.45) is 0 Å². The molecule has 4 rings (SSSR count). The van der Waals surface area contributed by atoms with Crippen molar-refractivity contribution < 1.29 is 14.6 Å². The van der Waals surface area contributed by atoms with Gasteiger partial charge >= 0.3 is 0 Å². The van der Waals surface area contributed by atoms with Crippen LogP contribution in [0.5, 0.6) is 11.5 Å². The molecule has 0 aliphatic carbocycles. The number of allylic oxidation sites excluding steroid dienone is 1. The van der Waals surface area contributed by atoms with Crippen LogP contribution in [-0.4, -0.2) is 25.4 Å². The summed E-state index contributed by atoms with van der Waals surface area (Å²) in [5.41, 5.74) is 1.19. The number of imidazole rings is 1. The highest BCUT2D eigenvalue weighted by molar-refractivity contribution is 6.14. The first-order chi connectivity index (χ1) is 11.2. The summed E-state index contributed by atoms with van der Waals surface area (Å²) < 4.78 is 7.30. The number of Topliss-reactive ketones (excluding diaryl/α,β-unsaturated/α-hetero) is 1. The van der Waals surface area contributed by atoms with E-state index >= 15 is 0 Å². The number of fused-ring (bicyclic) bond motifs is 1. The largest absolute Gasteiger partial charge is 0.508 e. The van der Waals surface area contributed by atoms with E-state index in [2.05, 4.69) is 9.97 Å². The Hall–Kier alpha value is -3.41. The van der Waals surface area contributed by atoms with Crippen LogP contribution in [0.4, 0.5) is 0 Å². The first kappa shape index (κ1) is 13.3. The normalized spacial score (nSPS) is 14.8. The van der Waals surface area contributed by atoms with Crippen LogP contribution in [0.25, 0.3) is 11.9 Å². The standard InChI is InChI=1S/C17H11N3O3/c21-12-2-3-13-14(8-12)23-15(17(13)22)7-11-1-4-16(19-9-11)20-6-5-18-10-20/h1-10,21H/b15-7-. The summed E-state index contributed by atoms with van der Waals surface area (Å²) in [5, 5.41) is 9.45. The molecule has 1 aliphatic rings. The second kappa shape index (κ2) is 5.10. The molecule has 1 aromatic carbocycles. The van der Waals surface area contributed by atoms with Crippen molar-refractivity contribution in [2.75, 3.05) is 0 Å². The summed E-state index contributed by atoms with van der Waals surface area (Å²) in [5.74, 6) is 1.16. The zero-order valence-corrected chi connectivity index (χ0v) is 11.9. The van der Waals surface area contributed by atoms with Crippen LogP contribution in [0.15, 0.2) is 61.0 Å². The van der Waals surface area contributed by atoms with Gasteiger partial charge in [-0.3, -0.25) is 9.36 Å². The van der Waals surface area contributed by atoms with E-state index in [0.29, 0.717) is 11.3 Å². The number of nitrogens with zero attached hydrogens (tertiary/aromatic N) is 3. The Balaban J connectivity index is 1.63. The van der Waals surface area contributed by atoms with E-state index in [1.165, 1.54) is 12.1 Å². The average molecular weight is 305 g/mol. The third kappa shape index (κ3) is 2.36. The maximum Gasteiger partial charge on any atom is 0.231 e. The van der Waals surface area contributed by atoms with Crippen LogP contribution in [0, 0.1) is 0 Å². The van der Waals surface area contributed by atoms with E-state index in [-0.39, 0.29) is 17.3 Å². The van der Waals surface area contributed by atoms with Crippen LogP contribution in [-0.2, 0) is 0 Å². The molecule has 0 spiro atoms. The number of carbonyl (C=O) groups excluding carboxylic acids is 1. The second-order valence-corrected chi connectivity index (χ2v) is 5.04. The number of hydrogen-bond donors (Lipinski definition) is 1. The molecule has 0 atom stereocenters. The van der Waals surface area contributed by atoms with Crippen LogP contribution >= 0.6 is 0 Å². The molecule has 6 heteroatoms. The number of benzene rings is 1. The van der Waals surface area contributed by atoms with Gasteiger partial charge in [-0.15, -0.1) is 0 Å². The van der Waals surface area contributed by atoms with Crippen LogP contribution in [0.1, 0.15) is 15.9 Å². The van der Waals surface area contributed by atoms with Gasteiger partial charge in [0, 0.05) is 24.7 Å². The van der Waals surface area contributed by atoms with Crippen molar-refractivity contribution >= 4 is 11.9 Å². The Bertz CT molecular complexity index is 913. The average Bonchev–Trinajstić information content (AvgIpc) is 3.18. The Kier molecular flexibility index (Phi) is 2.94. The van der Waals surface area contributed by atoms with Gasteiger partial charge in [0.2, 0.25) is 5.78 Å². The number of carbonyl (C=O) groups is 1. The summed E-state index contributed by atoms with van der Waals surface area (Å²) in [4.78, 5) is 20.6. The van der Waals surface area contributed by atoms with E-state index in [4.69, 9.17) is 4.74 Å². The first-order valence-electron chi connectivity index (χ1n) is 6.92. The molecule has 3 heterocycles. The predicted octanol–water partition coefficient (Wildman–Crippen LogP) is 2.59. The molecule has 0 fully saturated rings. The zero-order chi connectivity index (χ0) is 15.8. The van der Waals surface area contributed by atoms with Gasteiger partial charge in [0.1, 0.15) is 23.6 Å². The molecule has 1 aliphatic heterocycles. The van der Waals surface area contributed by atoms with Crippen LogP contribution < -0.4 is 4.74 Å². The molecule has 112 valence electrons. The zero-order valence-electron chi connectivity index (χ0n) is 11.9. The van der Waals surface area contributed by atoms with Gasteiger partial charge in [-0.05, 0) is 35.9 Å². The van der Waals surface area contributed by atoms with E-state index in [1.54, 1.807) is 41.6 Å². The number of ether oxygens (including phenoxy) is 1. The Morgan fingerprint density at radius 3 is 2.87 bits per heavy atom. The van der Waals surface area contributed by atoms with Gasteiger partial charge in [-0.2, -0.15) is 0 Å². The van der Waals surface area contributed by atoms with Gasteiger partial charge < -0.3 is 9.84 Å². The molecule has 0 saturated carbocycles. The maximum absolute atomic E-state index is 12.3. The second-order valence-electron chi connectivity index (χ2n) is 5.04. The summed E-state index contributed by atoms with van der Waals surface area (Å²) >= 11 is 0. The third-order valence-corrected chi connectivity index (χ3v) is 3.49. The molecule has 0 unspecified atom stereocenters. The molecule has 2 aromatic heterocycles. The summed E-state index contributed by atoms with van der Waals surface area (Å²) in [6.45, 7) is 0. The fourth-order valence-electron chi connectivity index (χ4n) is 2.36. The number of aromatic nitrogens is 3. The van der Waals surface area contributed by atoms with Gasteiger partial charge in [0.15, 0.2) is 5.76 Å². The molecule has 6 nitrogen and oxygen atoms in total. The lowest BCUT2D eigenvalue weighted by atomic mass is 10.1. The van der Waals surface area contributed by atoms with Gasteiger partial charge in [-0.25, -0.2) is 9.97 Å². The van der Waals surface area contributed by atoms with Gasteiger partial charge in [0.25, 0.3) is 0 Å². The van der Waals surface area contributed by atoms with Gasteiger partial charge in [0.05, 0.1) is 5.56 Å². The van der Waals surface area contributed by atoms with E-state index < -0.39 is 0 Å². The number of aromatic hydroxyl groups is 1. The molecule has 23 heavy (non-hydrogen) atoms. The highest BCUT2D eigenvalue weighted by atomic mass is 16.5. The highest BCUT2D eigenvalue weighted by Crippen LogP contribution is 2.34. The highest BCUT2D eigenvalue weighted by Gasteiger charge is 2.27. The van der Waals surface area contributed by atoms with Gasteiger partial charge in [-0.1, -0.05) is 0 Å². The Labute approximate surface area is 131 Å². The van der Waals surface area contributed by atoms with Crippen molar-refractivity contribution in [2.45, 2.75) is 0 Å². The van der Waals surface area contributed by atoms with Crippen LogP contribution in [0.2, 0.25) is 0 Å². The van der Waals surface area contributed by atoms with Crippen LogP contribution in [0.3, 0.4) is 0 Å². The predicted molar refractivity (Wildman–Crippen MR) is 82.4 cm³/mol. The van der Waals surface area contributed by atoms with Crippen molar-refractivity contribution in [1.82, 2.24) is 14.5 Å². The molecule has 0 amide bonds. The minimum absolute atomic E-state index is 0.0594. The SMILES string of the molecule is O=C1/C(=C/c2ccc(-n3ccnc3)nc2)Oc2cc(O)ccc21. The number of pyridine rings is 1. The molecular weight excluding hydrogens is 294 g/mol. The fraction of sp³-hybridized carbons (Fsp3) is 0. The molecule has 1 N–H and O–H groups in total. The third-order valence-electron chi connectivity index (χ3n) is 3.49. The Morgan fingerprint density at radius 2 is 2.13 bits per heavy atom. The number of ketones is 1. The lowest BCUT2D eigenvalue weighted by Crippen LogP contribution is -1.99. The molecule has 0 saturated heterocycles. The summed E-state index contributed by atoms with van der Waals surface area (Å²) in [7, 11) is 0. The number of hydrogen-bond acceptors (Lipinski definition) is 5. The minimum atomic E-state index is -0.210. The Morgan fingerprint density at radius 1 is 1.22 bits per heavy atom. The topological polar surface area (TPSA) is 77.2 Å². The lowest BCUT2D eigenvalue weighted by molar-refractivity contribution is 0.101. The van der Waals surface area contributed by atoms with E-state index in [0.717, 1.165) is 11.4 Å². The molecule has 3 aromatic rings. The number of phenols is 1. The van der Waals surface area contributed by atoms with Crippen molar-refractivity contribution in [3.63, 3.8) is 0 Å². The van der Waals surface area contributed by atoms with E-state index in [1.807, 2.05) is 12.1 Å². The molecule has 0 radical (unpaired) electrons. The summed E-state index contributed by atoms with van der Waals surface area (Å²) in [6.07, 6.45) is 8.42. The van der Waals surface area contributed by atoms with Crippen molar-refractivity contribution in [3.8, 4) is 17.3 Å². The monoisotopic (exact) mass is 305 g/mol. The minimum Gasteiger partial charge on any atom is -0.508 e. The quantitative estimate of drug-likeness (QED) is 0.736. The first-order valence-corrected chi connectivity index (χ1v) is 6.92. The fourth-order valence-corrected chi connectivity index (χ4v) is 2.36. The number of rotatable bonds is 2. The molecular formula is C17H11N3O3.